The molecule has 1 aromatic carbocycles. The normalized spacial score (nSPS) is 22.0. The van der Waals surface area contributed by atoms with E-state index in [1.165, 1.54) is 22.2 Å². The minimum atomic E-state index is -1.50. The number of amides is 1. The lowest BCUT2D eigenvalue weighted by molar-refractivity contribution is -0.157. The summed E-state index contributed by atoms with van der Waals surface area (Å²) in [5.74, 6) is -2.24. The van der Waals surface area contributed by atoms with E-state index in [9.17, 15) is 18.7 Å². The summed E-state index contributed by atoms with van der Waals surface area (Å²) >= 11 is 0. The van der Waals surface area contributed by atoms with Crippen molar-refractivity contribution in [3.05, 3.63) is 52.3 Å². The van der Waals surface area contributed by atoms with Gasteiger partial charge in [0.25, 0.3) is 5.91 Å². The molecule has 1 saturated heterocycles. The van der Waals surface area contributed by atoms with Gasteiger partial charge in [-0.15, -0.1) is 0 Å². The van der Waals surface area contributed by atoms with Gasteiger partial charge in [0.15, 0.2) is 17.2 Å². The first-order chi connectivity index (χ1) is 13.5. The maximum atomic E-state index is 13.4. The molecule has 0 spiro atoms. The molecule has 1 aliphatic heterocycles. The van der Waals surface area contributed by atoms with E-state index in [1.54, 1.807) is 0 Å². The van der Waals surface area contributed by atoms with Gasteiger partial charge in [0, 0.05) is 31.9 Å². The van der Waals surface area contributed by atoms with Gasteiger partial charge in [0.2, 0.25) is 0 Å². The molecule has 150 valence electrons. The number of aromatic nitrogens is 2. The van der Waals surface area contributed by atoms with E-state index < -0.39 is 17.2 Å². The highest BCUT2D eigenvalue weighted by Crippen LogP contribution is 2.25. The van der Waals surface area contributed by atoms with Crippen LogP contribution >= 0.6 is 0 Å². The number of carbonyl (C=O) groups is 1. The van der Waals surface area contributed by atoms with Crippen molar-refractivity contribution < 1.29 is 18.7 Å². The maximum absolute atomic E-state index is 13.4. The molecule has 1 amide bonds. The van der Waals surface area contributed by atoms with Crippen molar-refractivity contribution >= 4 is 5.91 Å². The van der Waals surface area contributed by atoms with Crippen molar-refractivity contribution in [2.75, 3.05) is 13.1 Å². The highest BCUT2D eigenvalue weighted by atomic mass is 19.2. The van der Waals surface area contributed by atoms with Crippen molar-refractivity contribution in [3.8, 4) is 0 Å². The summed E-state index contributed by atoms with van der Waals surface area (Å²) in [6.45, 7) is 1.24. The van der Waals surface area contributed by atoms with Crippen molar-refractivity contribution in [1.82, 2.24) is 20.4 Å². The lowest BCUT2D eigenvalue weighted by Gasteiger charge is -2.38. The number of hydrogen-bond donors (Lipinski definition) is 3. The second-order valence-corrected chi connectivity index (χ2v) is 7.69. The first-order valence-corrected chi connectivity index (χ1v) is 9.68. The number of carbonyl (C=O) groups excluding carboxylic acids is 1. The molecule has 8 heteroatoms. The smallest absolute Gasteiger partial charge is 0.256 e. The summed E-state index contributed by atoms with van der Waals surface area (Å²) in [6, 6.07) is 3.59. The number of benzene rings is 1. The van der Waals surface area contributed by atoms with Crippen molar-refractivity contribution in [2.24, 2.45) is 0 Å². The summed E-state index contributed by atoms with van der Waals surface area (Å²) in [6.07, 6.45) is 4.16. The van der Waals surface area contributed by atoms with Gasteiger partial charge in [-0.25, -0.2) is 8.78 Å². The number of nitrogens with zero attached hydrogens (tertiary/aromatic N) is 2. The van der Waals surface area contributed by atoms with Crippen LogP contribution in [0.25, 0.3) is 0 Å². The zero-order valence-electron chi connectivity index (χ0n) is 15.6. The Bertz CT molecular complexity index is 885. The minimum absolute atomic E-state index is 0.127. The fraction of sp³-hybridized carbons (Fsp3) is 0.500. The molecule has 1 aromatic heterocycles. The molecule has 0 radical (unpaired) electrons. The Balaban J connectivity index is 1.37. The van der Waals surface area contributed by atoms with Gasteiger partial charge in [-0.2, -0.15) is 5.10 Å². The summed E-state index contributed by atoms with van der Waals surface area (Å²) in [5.41, 5.74) is 2.36. The Morgan fingerprint density at radius 3 is 2.93 bits per heavy atom. The van der Waals surface area contributed by atoms with Crippen LogP contribution in [-0.2, 0) is 30.7 Å². The average molecular weight is 390 g/mol. The number of hydrogen-bond acceptors (Lipinski definition) is 4. The van der Waals surface area contributed by atoms with E-state index in [4.69, 9.17) is 0 Å². The summed E-state index contributed by atoms with van der Waals surface area (Å²) in [5, 5.41) is 21.4. The van der Waals surface area contributed by atoms with Crippen LogP contribution < -0.4 is 5.32 Å². The summed E-state index contributed by atoms with van der Waals surface area (Å²) in [7, 11) is 0. The fourth-order valence-electron chi connectivity index (χ4n) is 4.16. The van der Waals surface area contributed by atoms with Gasteiger partial charge in [0.05, 0.1) is 5.69 Å². The van der Waals surface area contributed by atoms with E-state index in [-0.39, 0.29) is 19.0 Å². The zero-order chi connectivity index (χ0) is 19.7. The van der Waals surface area contributed by atoms with Crippen molar-refractivity contribution in [1.29, 1.82) is 0 Å². The molecule has 0 unspecified atom stereocenters. The van der Waals surface area contributed by atoms with E-state index in [0.29, 0.717) is 31.5 Å². The van der Waals surface area contributed by atoms with E-state index >= 15 is 0 Å². The highest BCUT2D eigenvalue weighted by Gasteiger charge is 2.41. The van der Waals surface area contributed by atoms with Gasteiger partial charge >= 0.3 is 0 Å². The third kappa shape index (κ3) is 3.66. The summed E-state index contributed by atoms with van der Waals surface area (Å²) < 4.78 is 26.5. The zero-order valence-corrected chi connectivity index (χ0v) is 15.6. The number of halogens is 2. The molecule has 2 aliphatic rings. The molecule has 6 nitrogen and oxygen atoms in total. The Hall–Kier alpha value is -2.32. The molecule has 1 aliphatic carbocycles. The van der Waals surface area contributed by atoms with Crippen LogP contribution in [0.2, 0.25) is 0 Å². The standard InChI is InChI=1S/C20H24F2N4O2/c21-15-6-5-13(9-16(15)22)11-26-8-2-7-20(28,19(26)27)12-23-10-18-14-3-1-4-17(14)24-25-18/h5-6,9,23,28H,1-4,7-8,10-12H2,(H,24,25)/t20-/m0/s1. The predicted molar refractivity (Wildman–Crippen MR) is 98.3 cm³/mol. The van der Waals surface area contributed by atoms with Gasteiger partial charge < -0.3 is 15.3 Å². The lowest BCUT2D eigenvalue weighted by atomic mass is 9.91. The second kappa shape index (κ2) is 7.60. The number of H-pyrrole nitrogens is 1. The first-order valence-electron chi connectivity index (χ1n) is 9.68. The fourth-order valence-corrected chi connectivity index (χ4v) is 4.16. The molecular weight excluding hydrogens is 366 g/mol. The van der Waals surface area contributed by atoms with Crippen molar-refractivity contribution in [3.63, 3.8) is 0 Å². The number of aliphatic hydroxyl groups is 1. The Morgan fingerprint density at radius 2 is 2.11 bits per heavy atom. The number of likely N-dealkylation sites (tertiary alicyclic amines) is 1. The van der Waals surface area contributed by atoms with Crippen LogP contribution in [0.3, 0.4) is 0 Å². The van der Waals surface area contributed by atoms with Gasteiger partial charge in [-0.3, -0.25) is 9.89 Å². The van der Waals surface area contributed by atoms with Crippen LogP contribution in [-0.4, -0.2) is 44.8 Å². The predicted octanol–water partition coefficient (Wildman–Crippen LogP) is 1.82. The van der Waals surface area contributed by atoms with Crippen LogP contribution in [0.15, 0.2) is 18.2 Å². The number of piperidine rings is 1. The number of aromatic amines is 1. The molecule has 0 saturated carbocycles. The molecule has 1 atom stereocenters. The van der Waals surface area contributed by atoms with Gasteiger partial charge in [0.1, 0.15) is 0 Å². The minimum Gasteiger partial charge on any atom is -0.379 e. The SMILES string of the molecule is O=C1N(Cc2ccc(F)c(F)c2)CCC[C@]1(O)CNCc1n[nH]c2c1CCC2. The maximum Gasteiger partial charge on any atom is 0.256 e. The van der Waals surface area contributed by atoms with E-state index in [2.05, 4.69) is 15.5 Å². The average Bonchev–Trinajstić information content (AvgIpc) is 3.27. The van der Waals surface area contributed by atoms with Crippen LogP contribution in [0, 0.1) is 11.6 Å². The number of nitrogens with one attached hydrogen (secondary N) is 2. The quantitative estimate of drug-likeness (QED) is 0.703. The van der Waals surface area contributed by atoms with Gasteiger partial charge in [-0.1, -0.05) is 6.07 Å². The summed E-state index contributed by atoms with van der Waals surface area (Å²) in [4.78, 5) is 14.3. The largest absolute Gasteiger partial charge is 0.379 e. The Kier molecular flexibility index (Phi) is 5.16. The molecule has 1 fully saturated rings. The highest BCUT2D eigenvalue weighted by molar-refractivity contribution is 5.86. The molecule has 0 bridgehead atoms. The number of fused-ring (bicyclic) bond motifs is 1. The molecule has 4 rings (SSSR count). The van der Waals surface area contributed by atoms with Gasteiger partial charge in [-0.05, 0) is 55.4 Å². The number of aryl methyl sites for hydroxylation is 1. The molecule has 2 heterocycles. The third-order valence-corrected chi connectivity index (χ3v) is 5.66. The second-order valence-electron chi connectivity index (χ2n) is 7.69. The molecule has 2 aromatic rings. The van der Waals surface area contributed by atoms with Crippen LogP contribution in [0.1, 0.15) is 41.8 Å². The topological polar surface area (TPSA) is 81.2 Å². The first kappa shape index (κ1) is 19.0. The van der Waals surface area contributed by atoms with E-state index in [0.717, 1.165) is 37.1 Å². The van der Waals surface area contributed by atoms with Crippen LogP contribution in [0.4, 0.5) is 8.78 Å². The van der Waals surface area contributed by atoms with Crippen molar-refractivity contribution in [2.45, 2.75) is 50.8 Å². The van der Waals surface area contributed by atoms with Crippen LogP contribution in [0.5, 0.6) is 0 Å². The lowest BCUT2D eigenvalue weighted by Crippen LogP contribution is -2.57. The number of rotatable bonds is 6. The molecule has 28 heavy (non-hydrogen) atoms. The Morgan fingerprint density at radius 1 is 1.25 bits per heavy atom. The monoisotopic (exact) mass is 390 g/mol. The Labute approximate surface area is 161 Å². The van der Waals surface area contributed by atoms with E-state index in [1.807, 2.05) is 0 Å². The molecule has 3 N–H and O–H groups in total. The third-order valence-electron chi connectivity index (χ3n) is 5.66. The molecular formula is C20H24F2N4O2.